The summed E-state index contributed by atoms with van der Waals surface area (Å²) in [6, 6.07) is 6.84. The predicted octanol–water partition coefficient (Wildman–Crippen LogP) is 2.03. The Bertz CT molecular complexity index is 569. The fraction of sp³-hybridized carbons (Fsp3) is 0.400. The van der Waals surface area contributed by atoms with Crippen LogP contribution in [0, 0.1) is 5.82 Å². The minimum atomic E-state index is -0.208. The molecular weight excluding hydrogens is 291 g/mol. The van der Waals surface area contributed by atoms with Crippen LogP contribution in [0.15, 0.2) is 36.7 Å². The van der Waals surface area contributed by atoms with Crippen molar-refractivity contribution in [2.45, 2.75) is 25.6 Å². The van der Waals surface area contributed by atoms with Crippen molar-refractivity contribution in [3.8, 4) is 0 Å². The molecule has 0 amide bonds. The van der Waals surface area contributed by atoms with Crippen LogP contribution in [0.3, 0.4) is 0 Å². The first-order chi connectivity index (χ1) is 9.69. The lowest BCUT2D eigenvalue weighted by molar-refractivity contribution is 0.327. The molecule has 4 nitrogen and oxygen atoms in total. The second-order valence-electron chi connectivity index (χ2n) is 5.46. The molecule has 3 rings (SSSR count). The van der Waals surface area contributed by atoms with Crippen LogP contribution >= 0.6 is 12.4 Å². The van der Waals surface area contributed by atoms with E-state index in [1.165, 1.54) is 17.7 Å². The molecule has 1 unspecified atom stereocenters. The zero-order valence-electron chi connectivity index (χ0n) is 11.8. The molecule has 0 spiro atoms. The fourth-order valence-corrected chi connectivity index (χ4v) is 2.62. The van der Waals surface area contributed by atoms with Gasteiger partial charge in [-0.2, -0.15) is 5.10 Å². The summed E-state index contributed by atoms with van der Waals surface area (Å²) >= 11 is 0. The summed E-state index contributed by atoms with van der Waals surface area (Å²) in [5, 5.41) is 4.36. The molecule has 2 N–H and O–H groups in total. The maximum atomic E-state index is 12.9. The van der Waals surface area contributed by atoms with Crippen LogP contribution in [0.5, 0.6) is 0 Å². The lowest BCUT2D eigenvalue weighted by atomic mass is 10.2. The number of rotatable bonds is 4. The molecule has 1 aliphatic heterocycles. The molecule has 0 radical (unpaired) electrons. The number of hydrogen-bond acceptors (Lipinski definition) is 3. The van der Waals surface area contributed by atoms with Gasteiger partial charge in [0.1, 0.15) is 5.82 Å². The van der Waals surface area contributed by atoms with Crippen LogP contribution < -0.4 is 5.73 Å². The van der Waals surface area contributed by atoms with Crippen LogP contribution in [0.1, 0.15) is 17.5 Å². The van der Waals surface area contributed by atoms with Crippen molar-refractivity contribution < 1.29 is 4.39 Å². The van der Waals surface area contributed by atoms with Crippen molar-refractivity contribution in [2.24, 2.45) is 5.73 Å². The number of likely N-dealkylation sites (tertiary alicyclic amines) is 1. The third-order valence-corrected chi connectivity index (χ3v) is 3.66. The van der Waals surface area contributed by atoms with E-state index < -0.39 is 0 Å². The first-order valence-electron chi connectivity index (χ1n) is 6.93. The molecule has 1 aliphatic rings. The van der Waals surface area contributed by atoms with E-state index in [-0.39, 0.29) is 18.2 Å². The molecule has 1 atom stereocenters. The first kappa shape index (κ1) is 15.9. The molecule has 1 aromatic heterocycles. The van der Waals surface area contributed by atoms with Crippen LogP contribution in [0.4, 0.5) is 4.39 Å². The average Bonchev–Trinajstić information content (AvgIpc) is 3.02. The van der Waals surface area contributed by atoms with Crippen molar-refractivity contribution >= 4 is 12.4 Å². The number of nitrogens with two attached hydrogens (primary N) is 1. The Morgan fingerprint density at radius 2 is 1.95 bits per heavy atom. The van der Waals surface area contributed by atoms with E-state index in [4.69, 9.17) is 5.73 Å². The standard InChI is InChI=1S/C15H19FN4.ClH/c16-14-3-1-12(2-4-14)9-20-10-13(7-18-20)8-19-6-5-15(17)11-19;/h1-4,7,10,15H,5-6,8-9,11,17H2;1H. The van der Waals surface area contributed by atoms with E-state index in [2.05, 4.69) is 10.00 Å². The average molecular weight is 311 g/mol. The second-order valence-corrected chi connectivity index (χ2v) is 5.46. The van der Waals surface area contributed by atoms with Gasteiger partial charge in [0.15, 0.2) is 0 Å². The van der Waals surface area contributed by atoms with Crippen LogP contribution in [-0.4, -0.2) is 33.8 Å². The summed E-state index contributed by atoms with van der Waals surface area (Å²) in [4.78, 5) is 2.35. The van der Waals surface area contributed by atoms with E-state index >= 15 is 0 Å². The van der Waals surface area contributed by atoms with E-state index in [9.17, 15) is 4.39 Å². The summed E-state index contributed by atoms with van der Waals surface area (Å²) in [6.45, 7) is 3.59. The van der Waals surface area contributed by atoms with Crippen molar-refractivity contribution in [3.05, 3.63) is 53.6 Å². The molecular formula is C15H20ClFN4. The minimum absolute atomic E-state index is 0. The van der Waals surface area contributed by atoms with Gasteiger partial charge in [-0.3, -0.25) is 9.58 Å². The van der Waals surface area contributed by atoms with Gasteiger partial charge < -0.3 is 5.73 Å². The van der Waals surface area contributed by atoms with Gasteiger partial charge in [0, 0.05) is 37.4 Å². The highest BCUT2D eigenvalue weighted by molar-refractivity contribution is 5.85. The molecule has 0 saturated carbocycles. The molecule has 21 heavy (non-hydrogen) atoms. The van der Waals surface area contributed by atoms with Crippen LogP contribution in [0.25, 0.3) is 0 Å². The Morgan fingerprint density at radius 3 is 2.62 bits per heavy atom. The normalized spacial score (nSPS) is 18.7. The molecule has 0 bridgehead atoms. The monoisotopic (exact) mass is 310 g/mol. The van der Waals surface area contributed by atoms with Gasteiger partial charge >= 0.3 is 0 Å². The lowest BCUT2D eigenvalue weighted by Crippen LogP contribution is -2.26. The zero-order chi connectivity index (χ0) is 13.9. The largest absolute Gasteiger partial charge is 0.326 e. The topological polar surface area (TPSA) is 47.1 Å². The van der Waals surface area contributed by atoms with Crippen molar-refractivity contribution in [1.29, 1.82) is 0 Å². The molecule has 1 aromatic carbocycles. The van der Waals surface area contributed by atoms with Gasteiger partial charge in [-0.15, -0.1) is 12.4 Å². The Labute approximate surface area is 130 Å². The molecule has 114 valence electrons. The number of aromatic nitrogens is 2. The fourth-order valence-electron chi connectivity index (χ4n) is 2.62. The quantitative estimate of drug-likeness (QED) is 0.940. The van der Waals surface area contributed by atoms with Gasteiger partial charge in [0.25, 0.3) is 0 Å². The van der Waals surface area contributed by atoms with E-state index in [0.29, 0.717) is 12.6 Å². The highest BCUT2D eigenvalue weighted by atomic mass is 35.5. The number of nitrogens with zero attached hydrogens (tertiary/aromatic N) is 3. The third-order valence-electron chi connectivity index (χ3n) is 3.66. The second kappa shape index (κ2) is 7.02. The Hall–Kier alpha value is -1.43. The predicted molar refractivity (Wildman–Crippen MR) is 82.8 cm³/mol. The maximum absolute atomic E-state index is 12.9. The minimum Gasteiger partial charge on any atom is -0.326 e. The molecule has 0 aliphatic carbocycles. The van der Waals surface area contributed by atoms with Gasteiger partial charge in [0.2, 0.25) is 0 Å². The van der Waals surface area contributed by atoms with E-state index in [1.807, 2.05) is 17.1 Å². The molecule has 6 heteroatoms. The third kappa shape index (κ3) is 4.27. The Kier molecular flexibility index (Phi) is 5.33. The van der Waals surface area contributed by atoms with Crippen molar-refractivity contribution in [2.75, 3.05) is 13.1 Å². The molecule has 1 fully saturated rings. The molecule has 2 heterocycles. The number of halogens is 2. The Morgan fingerprint density at radius 1 is 1.19 bits per heavy atom. The smallest absolute Gasteiger partial charge is 0.123 e. The summed E-state index contributed by atoms with van der Waals surface area (Å²) in [5.74, 6) is -0.208. The van der Waals surface area contributed by atoms with Crippen molar-refractivity contribution in [1.82, 2.24) is 14.7 Å². The summed E-state index contributed by atoms with van der Waals surface area (Å²) < 4.78 is 14.7. The van der Waals surface area contributed by atoms with Gasteiger partial charge in [0.05, 0.1) is 12.7 Å². The summed E-state index contributed by atoms with van der Waals surface area (Å²) in [7, 11) is 0. The highest BCUT2D eigenvalue weighted by Gasteiger charge is 2.19. The number of benzene rings is 1. The van der Waals surface area contributed by atoms with Gasteiger partial charge in [-0.1, -0.05) is 12.1 Å². The van der Waals surface area contributed by atoms with E-state index in [0.717, 1.165) is 31.6 Å². The summed E-state index contributed by atoms with van der Waals surface area (Å²) in [6.07, 6.45) is 5.02. The maximum Gasteiger partial charge on any atom is 0.123 e. The molecule has 2 aromatic rings. The van der Waals surface area contributed by atoms with Crippen molar-refractivity contribution in [3.63, 3.8) is 0 Å². The zero-order valence-corrected chi connectivity index (χ0v) is 12.6. The number of hydrogen-bond donors (Lipinski definition) is 1. The van der Waals surface area contributed by atoms with E-state index in [1.54, 1.807) is 12.1 Å². The summed E-state index contributed by atoms with van der Waals surface area (Å²) in [5.41, 5.74) is 8.15. The van der Waals surface area contributed by atoms with Gasteiger partial charge in [-0.05, 0) is 24.1 Å². The highest BCUT2D eigenvalue weighted by Crippen LogP contribution is 2.12. The Balaban J connectivity index is 0.00000161. The van der Waals surface area contributed by atoms with Crippen LogP contribution in [-0.2, 0) is 13.1 Å². The SMILES string of the molecule is Cl.NC1CCN(Cc2cnn(Cc3ccc(F)cc3)c2)C1. The first-order valence-corrected chi connectivity index (χ1v) is 6.93. The van der Waals surface area contributed by atoms with Crippen LogP contribution in [0.2, 0.25) is 0 Å². The molecule has 1 saturated heterocycles. The lowest BCUT2D eigenvalue weighted by Gasteiger charge is -2.13. The van der Waals surface area contributed by atoms with Gasteiger partial charge in [-0.25, -0.2) is 4.39 Å².